The predicted octanol–water partition coefficient (Wildman–Crippen LogP) is 2.26. The van der Waals surface area contributed by atoms with Crippen LogP contribution in [0.3, 0.4) is 0 Å². The lowest BCUT2D eigenvalue weighted by molar-refractivity contribution is -0.00611. The van der Waals surface area contributed by atoms with Crippen molar-refractivity contribution in [1.82, 2.24) is 5.32 Å². The Morgan fingerprint density at radius 3 is 2.76 bits per heavy atom. The summed E-state index contributed by atoms with van der Waals surface area (Å²) >= 11 is 0. The molecule has 2 atom stereocenters. The SMILES string of the molecule is COCCOCCCOC1CCCC(C#N)(NC(C)C)C1. The molecule has 0 radical (unpaired) electrons. The van der Waals surface area contributed by atoms with Crippen molar-refractivity contribution in [3.8, 4) is 6.07 Å². The minimum atomic E-state index is -0.411. The van der Waals surface area contributed by atoms with Gasteiger partial charge in [0.05, 0.1) is 25.4 Å². The molecular formula is C16H30N2O3. The van der Waals surface area contributed by atoms with Crippen LogP contribution in [-0.2, 0) is 14.2 Å². The number of hydrogen-bond donors (Lipinski definition) is 1. The van der Waals surface area contributed by atoms with E-state index in [9.17, 15) is 5.26 Å². The normalized spacial score (nSPS) is 26.0. The predicted molar refractivity (Wildman–Crippen MR) is 82.1 cm³/mol. The van der Waals surface area contributed by atoms with Gasteiger partial charge in [-0.25, -0.2) is 0 Å². The van der Waals surface area contributed by atoms with Gasteiger partial charge in [0, 0.05) is 32.8 Å². The molecule has 0 aromatic carbocycles. The number of rotatable bonds is 10. The first kappa shape index (κ1) is 18.4. The Balaban J connectivity index is 2.22. The summed E-state index contributed by atoms with van der Waals surface area (Å²) in [6.45, 7) is 6.83. The van der Waals surface area contributed by atoms with E-state index in [-0.39, 0.29) is 6.10 Å². The summed E-state index contributed by atoms with van der Waals surface area (Å²) in [5, 5.41) is 12.9. The smallest absolute Gasteiger partial charge is 0.109 e. The number of nitrogens with one attached hydrogen (secondary N) is 1. The second-order valence-corrected chi connectivity index (χ2v) is 6.04. The van der Waals surface area contributed by atoms with Gasteiger partial charge in [-0.2, -0.15) is 5.26 Å². The Bertz CT molecular complexity index is 317. The van der Waals surface area contributed by atoms with Gasteiger partial charge >= 0.3 is 0 Å². The van der Waals surface area contributed by atoms with E-state index in [2.05, 4.69) is 25.2 Å². The van der Waals surface area contributed by atoms with Crippen LogP contribution in [0.4, 0.5) is 0 Å². The Labute approximate surface area is 128 Å². The zero-order chi connectivity index (χ0) is 15.6. The average Bonchev–Trinajstić information content (AvgIpc) is 2.46. The number of nitriles is 1. The minimum absolute atomic E-state index is 0.184. The quantitative estimate of drug-likeness (QED) is 0.627. The van der Waals surface area contributed by atoms with E-state index >= 15 is 0 Å². The lowest BCUT2D eigenvalue weighted by Gasteiger charge is -2.37. The van der Waals surface area contributed by atoms with Gasteiger partial charge in [0.25, 0.3) is 0 Å². The summed E-state index contributed by atoms with van der Waals surface area (Å²) in [4.78, 5) is 0. The molecule has 0 aliphatic heterocycles. The van der Waals surface area contributed by atoms with Crippen LogP contribution in [0.5, 0.6) is 0 Å². The number of nitrogens with zero attached hydrogens (tertiary/aromatic N) is 1. The highest BCUT2D eigenvalue weighted by molar-refractivity contribution is 5.10. The Kier molecular flexibility index (Phi) is 8.86. The maximum atomic E-state index is 9.50. The van der Waals surface area contributed by atoms with Crippen LogP contribution in [0, 0.1) is 11.3 Å². The van der Waals surface area contributed by atoms with E-state index in [4.69, 9.17) is 14.2 Å². The van der Waals surface area contributed by atoms with Crippen molar-refractivity contribution in [2.24, 2.45) is 0 Å². The molecular weight excluding hydrogens is 268 g/mol. The molecule has 1 rings (SSSR count). The second-order valence-electron chi connectivity index (χ2n) is 6.04. The Hall–Kier alpha value is -0.670. The van der Waals surface area contributed by atoms with Crippen LogP contribution in [0.15, 0.2) is 0 Å². The lowest BCUT2D eigenvalue weighted by atomic mass is 9.80. The molecule has 0 amide bonds. The van der Waals surface area contributed by atoms with Crippen molar-refractivity contribution in [1.29, 1.82) is 5.26 Å². The summed E-state index contributed by atoms with van der Waals surface area (Å²) in [6.07, 6.45) is 4.87. The first-order valence-electron chi connectivity index (χ1n) is 7.99. The number of ether oxygens (including phenoxy) is 3. The average molecular weight is 298 g/mol. The summed E-state index contributed by atoms with van der Waals surface area (Å²) in [5.74, 6) is 0. The highest BCUT2D eigenvalue weighted by atomic mass is 16.5. The molecule has 0 aromatic heterocycles. The monoisotopic (exact) mass is 298 g/mol. The molecule has 1 aliphatic carbocycles. The zero-order valence-electron chi connectivity index (χ0n) is 13.7. The fourth-order valence-electron chi connectivity index (χ4n) is 2.84. The first-order valence-corrected chi connectivity index (χ1v) is 7.99. The van der Waals surface area contributed by atoms with Crippen LogP contribution in [0.1, 0.15) is 46.0 Å². The van der Waals surface area contributed by atoms with Gasteiger partial charge in [-0.3, -0.25) is 5.32 Å². The molecule has 5 nitrogen and oxygen atoms in total. The van der Waals surface area contributed by atoms with Crippen molar-refractivity contribution < 1.29 is 14.2 Å². The molecule has 2 unspecified atom stereocenters. The maximum Gasteiger partial charge on any atom is 0.109 e. The van der Waals surface area contributed by atoms with E-state index < -0.39 is 5.54 Å². The van der Waals surface area contributed by atoms with E-state index in [1.807, 2.05) is 0 Å². The highest BCUT2D eigenvalue weighted by Crippen LogP contribution is 2.30. The summed E-state index contributed by atoms with van der Waals surface area (Å²) < 4.78 is 16.3. The Morgan fingerprint density at radius 2 is 2.10 bits per heavy atom. The van der Waals surface area contributed by atoms with Crippen molar-refractivity contribution in [2.75, 3.05) is 33.5 Å². The van der Waals surface area contributed by atoms with Crippen LogP contribution in [-0.4, -0.2) is 51.2 Å². The fraction of sp³-hybridized carbons (Fsp3) is 0.938. The third-order valence-electron chi connectivity index (χ3n) is 3.70. The molecule has 1 aliphatic rings. The van der Waals surface area contributed by atoms with Gasteiger partial charge in [0.1, 0.15) is 5.54 Å². The summed E-state index contributed by atoms with van der Waals surface area (Å²) in [5.41, 5.74) is -0.411. The van der Waals surface area contributed by atoms with Gasteiger partial charge in [0.2, 0.25) is 0 Å². The van der Waals surface area contributed by atoms with Gasteiger partial charge in [-0.15, -0.1) is 0 Å². The van der Waals surface area contributed by atoms with Gasteiger partial charge < -0.3 is 14.2 Å². The molecule has 1 fully saturated rings. The van der Waals surface area contributed by atoms with Crippen molar-refractivity contribution >= 4 is 0 Å². The summed E-state index contributed by atoms with van der Waals surface area (Å²) in [7, 11) is 1.67. The lowest BCUT2D eigenvalue weighted by Crippen LogP contribution is -2.52. The second kappa shape index (κ2) is 10.1. The Morgan fingerprint density at radius 1 is 1.29 bits per heavy atom. The molecule has 122 valence electrons. The fourth-order valence-corrected chi connectivity index (χ4v) is 2.84. The van der Waals surface area contributed by atoms with Crippen molar-refractivity contribution in [3.63, 3.8) is 0 Å². The van der Waals surface area contributed by atoms with E-state index in [1.54, 1.807) is 7.11 Å². The van der Waals surface area contributed by atoms with Crippen LogP contribution in [0.2, 0.25) is 0 Å². The molecule has 0 saturated heterocycles. The standard InChI is InChI=1S/C16H30N2O3/c1-14(2)18-16(13-17)7-4-6-15(12-16)21-9-5-8-20-11-10-19-3/h14-15,18H,4-12H2,1-3H3. The molecule has 0 aromatic rings. The van der Waals surface area contributed by atoms with Crippen LogP contribution >= 0.6 is 0 Å². The number of methoxy groups -OCH3 is 1. The summed E-state index contributed by atoms with van der Waals surface area (Å²) in [6, 6.07) is 2.79. The maximum absolute atomic E-state index is 9.50. The minimum Gasteiger partial charge on any atom is -0.382 e. The molecule has 1 N–H and O–H groups in total. The van der Waals surface area contributed by atoms with E-state index in [1.165, 1.54) is 0 Å². The van der Waals surface area contributed by atoms with E-state index in [0.29, 0.717) is 32.5 Å². The highest BCUT2D eigenvalue weighted by Gasteiger charge is 2.37. The first-order chi connectivity index (χ1) is 10.1. The van der Waals surface area contributed by atoms with Crippen LogP contribution in [0.25, 0.3) is 0 Å². The molecule has 1 saturated carbocycles. The molecule has 0 bridgehead atoms. The van der Waals surface area contributed by atoms with Gasteiger partial charge in [0.15, 0.2) is 0 Å². The van der Waals surface area contributed by atoms with Gasteiger partial charge in [-0.05, 0) is 39.5 Å². The van der Waals surface area contributed by atoms with Crippen LogP contribution < -0.4 is 5.32 Å². The van der Waals surface area contributed by atoms with Crippen molar-refractivity contribution in [2.45, 2.75) is 63.6 Å². The third kappa shape index (κ3) is 7.23. The third-order valence-corrected chi connectivity index (χ3v) is 3.70. The molecule has 0 heterocycles. The largest absolute Gasteiger partial charge is 0.382 e. The topological polar surface area (TPSA) is 63.5 Å². The molecule has 5 heteroatoms. The van der Waals surface area contributed by atoms with Gasteiger partial charge in [-0.1, -0.05) is 0 Å². The molecule has 0 spiro atoms. The van der Waals surface area contributed by atoms with E-state index in [0.717, 1.165) is 32.1 Å². The van der Waals surface area contributed by atoms with Crippen molar-refractivity contribution in [3.05, 3.63) is 0 Å². The number of hydrogen-bond acceptors (Lipinski definition) is 5. The molecule has 21 heavy (non-hydrogen) atoms. The zero-order valence-corrected chi connectivity index (χ0v) is 13.7.